The zero-order valence-corrected chi connectivity index (χ0v) is 11.3. The molecule has 0 aromatic carbocycles. The molecule has 0 aliphatic carbocycles. The van der Waals surface area contributed by atoms with Gasteiger partial charge in [0.2, 0.25) is 0 Å². The molecule has 7 heteroatoms. The molecule has 1 heterocycles. The number of rotatable bonds is 1. The van der Waals surface area contributed by atoms with Crippen LogP contribution >= 0.6 is 11.3 Å². The van der Waals surface area contributed by atoms with Crippen LogP contribution in [-0.2, 0) is 10.9 Å². The quantitative estimate of drug-likeness (QED) is 0.800. The Hall–Kier alpha value is -1.24. The Kier molecular flexibility index (Phi) is 3.67. The SMILES string of the molecule is Cc1c(C(F)(F)F)sc(N)c1C(=O)OC(C)(C)C. The number of carbonyl (C=O) groups is 1. The van der Waals surface area contributed by atoms with Crippen molar-refractivity contribution in [3.63, 3.8) is 0 Å². The summed E-state index contributed by atoms with van der Waals surface area (Å²) >= 11 is 0.354. The number of anilines is 1. The van der Waals surface area contributed by atoms with Crippen molar-refractivity contribution in [2.45, 2.75) is 39.5 Å². The van der Waals surface area contributed by atoms with E-state index in [2.05, 4.69) is 0 Å². The number of nitrogens with two attached hydrogens (primary N) is 1. The third-order valence-corrected chi connectivity index (χ3v) is 3.20. The van der Waals surface area contributed by atoms with Gasteiger partial charge in [-0.15, -0.1) is 11.3 Å². The predicted molar refractivity (Wildman–Crippen MR) is 63.6 cm³/mol. The second-order valence-corrected chi connectivity index (χ2v) is 5.85. The molecule has 0 fully saturated rings. The van der Waals surface area contributed by atoms with E-state index in [0.29, 0.717) is 11.3 Å². The van der Waals surface area contributed by atoms with E-state index in [1.54, 1.807) is 20.8 Å². The lowest BCUT2D eigenvalue weighted by atomic mass is 10.1. The summed E-state index contributed by atoms with van der Waals surface area (Å²) in [4.78, 5) is 10.9. The Morgan fingerprint density at radius 1 is 1.28 bits per heavy atom. The van der Waals surface area contributed by atoms with E-state index in [1.165, 1.54) is 6.92 Å². The molecular weight excluding hydrogens is 267 g/mol. The smallest absolute Gasteiger partial charge is 0.425 e. The van der Waals surface area contributed by atoms with E-state index in [9.17, 15) is 18.0 Å². The fourth-order valence-electron chi connectivity index (χ4n) is 1.39. The molecule has 3 nitrogen and oxygen atoms in total. The minimum absolute atomic E-state index is 0.172. The fraction of sp³-hybridized carbons (Fsp3) is 0.545. The fourth-order valence-corrected chi connectivity index (χ4v) is 2.32. The van der Waals surface area contributed by atoms with Gasteiger partial charge < -0.3 is 10.5 Å². The van der Waals surface area contributed by atoms with Crippen molar-refractivity contribution in [2.75, 3.05) is 5.73 Å². The average Bonchev–Trinajstić information content (AvgIpc) is 2.37. The molecule has 0 saturated heterocycles. The lowest BCUT2D eigenvalue weighted by Crippen LogP contribution is -2.24. The van der Waals surface area contributed by atoms with Crippen LogP contribution in [0.1, 0.15) is 41.6 Å². The standard InChI is InChI=1S/C11H14F3NO2S/c1-5-6(9(16)17-10(2,3)4)8(15)18-7(5)11(12,13)14/h15H2,1-4H3. The van der Waals surface area contributed by atoms with E-state index in [0.717, 1.165) is 0 Å². The van der Waals surface area contributed by atoms with Gasteiger partial charge in [0.05, 0.1) is 5.56 Å². The number of alkyl halides is 3. The maximum atomic E-state index is 12.6. The minimum Gasteiger partial charge on any atom is -0.456 e. The van der Waals surface area contributed by atoms with Crippen molar-refractivity contribution in [1.82, 2.24) is 0 Å². The Morgan fingerprint density at radius 2 is 1.78 bits per heavy atom. The van der Waals surface area contributed by atoms with Gasteiger partial charge in [0, 0.05) is 0 Å². The maximum absolute atomic E-state index is 12.6. The number of thiophene rings is 1. The average molecular weight is 281 g/mol. The van der Waals surface area contributed by atoms with Gasteiger partial charge in [0.1, 0.15) is 15.5 Å². The lowest BCUT2D eigenvalue weighted by Gasteiger charge is -2.19. The molecule has 2 N–H and O–H groups in total. The number of hydrogen-bond acceptors (Lipinski definition) is 4. The molecule has 0 amide bonds. The first kappa shape index (κ1) is 14.8. The summed E-state index contributed by atoms with van der Waals surface area (Å²) in [5.74, 6) is -0.829. The van der Waals surface area contributed by atoms with Gasteiger partial charge in [-0.2, -0.15) is 13.2 Å². The first-order valence-electron chi connectivity index (χ1n) is 5.13. The van der Waals surface area contributed by atoms with Crippen LogP contribution < -0.4 is 5.73 Å². The van der Waals surface area contributed by atoms with Crippen molar-refractivity contribution in [3.05, 3.63) is 16.0 Å². The van der Waals surface area contributed by atoms with Crippen LogP contribution in [-0.4, -0.2) is 11.6 Å². The second-order valence-electron chi connectivity index (χ2n) is 4.80. The molecule has 0 bridgehead atoms. The highest BCUT2D eigenvalue weighted by Gasteiger charge is 2.38. The van der Waals surface area contributed by atoms with Crippen LogP contribution in [0.3, 0.4) is 0 Å². The van der Waals surface area contributed by atoms with Crippen LogP contribution in [0.5, 0.6) is 0 Å². The Labute approximate surface area is 107 Å². The van der Waals surface area contributed by atoms with E-state index >= 15 is 0 Å². The second kappa shape index (κ2) is 4.46. The lowest BCUT2D eigenvalue weighted by molar-refractivity contribution is -0.134. The largest absolute Gasteiger partial charge is 0.456 e. The highest BCUT2D eigenvalue weighted by Crippen LogP contribution is 2.42. The zero-order valence-electron chi connectivity index (χ0n) is 10.4. The number of hydrogen-bond donors (Lipinski definition) is 1. The number of nitrogen functional groups attached to an aromatic ring is 1. The molecule has 0 unspecified atom stereocenters. The van der Waals surface area contributed by atoms with Crippen molar-refractivity contribution in [2.24, 2.45) is 0 Å². The summed E-state index contributed by atoms with van der Waals surface area (Å²) in [5, 5.41) is -0.172. The Morgan fingerprint density at radius 3 is 2.11 bits per heavy atom. The number of carbonyl (C=O) groups excluding carboxylic acids is 1. The number of ether oxygens (including phenoxy) is 1. The molecule has 0 aliphatic rings. The van der Waals surface area contributed by atoms with Crippen LogP contribution in [0, 0.1) is 6.92 Å². The van der Waals surface area contributed by atoms with Crippen LogP contribution in [0.25, 0.3) is 0 Å². The predicted octanol–water partition coefficient (Wildman–Crippen LogP) is 3.61. The van der Waals surface area contributed by atoms with Crippen molar-refractivity contribution >= 4 is 22.3 Å². The molecule has 102 valence electrons. The molecule has 1 aromatic heterocycles. The zero-order chi connectivity index (χ0) is 14.3. The van der Waals surface area contributed by atoms with Gasteiger partial charge in [-0.3, -0.25) is 0 Å². The summed E-state index contributed by atoms with van der Waals surface area (Å²) in [6.07, 6.45) is -4.51. The Balaban J connectivity index is 3.19. The molecule has 0 radical (unpaired) electrons. The first-order chi connectivity index (χ1) is 7.93. The van der Waals surface area contributed by atoms with E-state index in [1.807, 2.05) is 0 Å². The molecule has 0 aliphatic heterocycles. The minimum atomic E-state index is -4.51. The highest BCUT2D eigenvalue weighted by molar-refractivity contribution is 7.16. The third-order valence-electron chi connectivity index (χ3n) is 2.03. The summed E-state index contributed by atoms with van der Waals surface area (Å²) in [5.41, 5.74) is 4.32. The van der Waals surface area contributed by atoms with Gasteiger partial charge in [-0.1, -0.05) is 0 Å². The van der Waals surface area contributed by atoms with Crippen LogP contribution in [0.15, 0.2) is 0 Å². The van der Waals surface area contributed by atoms with Gasteiger partial charge in [0.25, 0.3) is 0 Å². The van der Waals surface area contributed by atoms with Crippen molar-refractivity contribution < 1.29 is 22.7 Å². The van der Waals surface area contributed by atoms with Gasteiger partial charge >= 0.3 is 12.1 Å². The number of esters is 1. The normalized spacial score (nSPS) is 12.6. The molecule has 1 rings (SSSR count). The molecule has 18 heavy (non-hydrogen) atoms. The van der Waals surface area contributed by atoms with Crippen LogP contribution in [0.2, 0.25) is 0 Å². The monoisotopic (exact) mass is 281 g/mol. The number of halogens is 3. The van der Waals surface area contributed by atoms with Gasteiger partial charge in [0.15, 0.2) is 0 Å². The molecule has 0 saturated carbocycles. The van der Waals surface area contributed by atoms with E-state index in [4.69, 9.17) is 10.5 Å². The summed E-state index contributed by atoms with van der Waals surface area (Å²) in [6, 6.07) is 0. The molecule has 1 aromatic rings. The van der Waals surface area contributed by atoms with Gasteiger partial charge in [-0.05, 0) is 33.3 Å². The highest BCUT2D eigenvalue weighted by atomic mass is 32.1. The van der Waals surface area contributed by atoms with Gasteiger partial charge in [-0.25, -0.2) is 4.79 Å². The van der Waals surface area contributed by atoms with Crippen LogP contribution in [0.4, 0.5) is 18.2 Å². The molecule has 0 spiro atoms. The summed E-state index contributed by atoms with van der Waals surface area (Å²) in [7, 11) is 0. The maximum Gasteiger partial charge on any atom is 0.425 e. The van der Waals surface area contributed by atoms with Crippen molar-refractivity contribution in [3.8, 4) is 0 Å². The molecular formula is C11H14F3NO2S. The Bertz CT molecular complexity index is 472. The van der Waals surface area contributed by atoms with E-state index < -0.39 is 22.6 Å². The van der Waals surface area contributed by atoms with Crippen molar-refractivity contribution in [1.29, 1.82) is 0 Å². The first-order valence-corrected chi connectivity index (χ1v) is 5.94. The summed E-state index contributed by atoms with van der Waals surface area (Å²) < 4.78 is 43.0. The van der Waals surface area contributed by atoms with E-state index in [-0.39, 0.29) is 16.1 Å². The third kappa shape index (κ3) is 3.16. The topological polar surface area (TPSA) is 52.3 Å². The molecule has 0 atom stereocenters. The summed E-state index contributed by atoms with van der Waals surface area (Å²) in [6.45, 7) is 6.11.